The first-order valence-electron chi connectivity index (χ1n) is 7.32. The van der Waals surface area contributed by atoms with Crippen LogP contribution in [-0.4, -0.2) is 26.2 Å². The van der Waals surface area contributed by atoms with Crippen molar-refractivity contribution in [3.05, 3.63) is 41.1 Å². The number of nitrogens with zero attached hydrogens (tertiary/aromatic N) is 4. The van der Waals surface area contributed by atoms with E-state index in [2.05, 4.69) is 45.3 Å². The highest BCUT2D eigenvalue weighted by Gasteiger charge is 2.16. The summed E-state index contributed by atoms with van der Waals surface area (Å²) in [5.41, 5.74) is 3.60. The molecule has 0 saturated heterocycles. The molecular weight excluding hydrogens is 278 g/mol. The van der Waals surface area contributed by atoms with Crippen LogP contribution in [-0.2, 0) is 6.42 Å². The number of fused-ring (bicyclic) bond motifs is 1. The van der Waals surface area contributed by atoms with Gasteiger partial charge in [0.1, 0.15) is 17.0 Å². The molecule has 0 aliphatic carbocycles. The lowest BCUT2D eigenvalue weighted by atomic mass is 10.1. The molecule has 1 atom stereocenters. The van der Waals surface area contributed by atoms with Gasteiger partial charge < -0.3 is 9.84 Å². The van der Waals surface area contributed by atoms with Crippen molar-refractivity contribution in [2.75, 3.05) is 5.32 Å². The Hall–Kier alpha value is -2.50. The van der Waals surface area contributed by atoms with Gasteiger partial charge in [-0.3, -0.25) is 4.98 Å². The van der Waals surface area contributed by atoms with E-state index in [1.807, 2.05) is 26.1 Å². The fourth-order valence-corrected chi connectivity index (χ4v) is 2.51. The topological polar surface area (TPSA) is 76.7 Å². The van der Waals surface area contributed by atoms with Crippen LogP contribution in [0.1, 0.15) is 29.7 Å². The van der Waals surface area contributed by atoms with Crippen molar-refractivity contribution in [3.63, 3.8) is 0 Å². The van der Waals surface area contributed by atoms with E-state index in [1.165, 1.54) is 5.56 Å². The summed E-state index contributed by atoms with van der Waals surface area (Å²) in [6, 6.07) is 4.21. The van der Waals surface area contributed by atoms with Crippen LogP contribution in [0.15, 0.2) is 22.9 Å². The molecule has 0 unspecified atom stereocenters. The maximum Gasteiger partial charge on any atom is 0.263 e. The average molecular weight is 297 g/mol. The molecule has 22 heavy (non-hydrogen) atoms. The summed E-state index contributed by atoms with van der Waals surface area (Å²) >= 11 is 0. The minimum atomic E-state index is 0.181. The summed E-state index contributed by atoms with van der Waals surface area (Å²) < 4.78 is 5.24. The lowest BCUT2D eigenvalue weighted by Crippen LogP contribution is -2.20. The minimum absolute atomic E-state index is 0.181. The van der Waals surface area contributed by atoms with Gasteiger partial charge in [0.2, 0.25) is 0 Å². The van der Waals surface area contributed by atoms with Gasteiger partial charge in [0.15, 0.2) is 0 Å². The predicted octanol–water partition coefficient (Wildman–Crippen LogP) is 2.98. The van der Waals surface area contributed by atoms with Crippen LogP contribution in [0.4, 0.5) is 5.82 Å². The van der Waals surface area contributed by atoms with Crippen LogP contribution in [0.2, 0.25) is 0 Å². The molecule has 3 aromatic rings. The van der Waals surface area contributed by atoms with Crippen molar-refractivity contribution in [2.45, 2.75) is 40.2 Å². The lowest BCUT2D eigenvalue weighted by Gasteiger charge is -2.16. The predicted molar refractivity (Wildman–Crippen MR) is 84.8 cm³/mol. The zero-order valence-corrected chi connectivity index (χ0v) is 13.2. The molecule has 1 N–H and O–H groups in total. The second kappa shape index (κ2) is 5.71. The maximum atomic E-state index is 5.24. The molecule has 3 heterocycles. The Balaban J connectivity index is 1.86. The molecule has 0 saturated carbocycles. The van der Waals surface area contributed by atoms with Crippen molar-refractivity contribution >= 4 is 16.9 Å². The van der Waals surface area contributed by atoms with Gasteiger partial charge in [0.05, 0.1) is 5.69 Å². The molecular formula is C16H19N5O. The fourth-order valence-electron chi connectivity index (χ4n) is 2.51. The molecule has 0 amide bonds. The number of aromatic nitrogens is 4. The average Bonchev–Trinajstić information content (AvgIpc) is 2.82. The molecule has 0 spiro atoms. The van der Waals surface area contributed by atoms with Crippen molar-refractivity contribution < 1.29 is 4.52 Å². The summed E-state index contributed by atoms with van der Waals surface area (Å²) in [7, 11) is 0. The molecule has 3 aromatic heterocycles. The monoisotopic (exact) mass is 297 g/mol. The van der Waals surface area contributed by atoms with E-state index in [-0.39, 0.29) is 6.04 Å². The molecule has 6 heteroatoms. The Morgan fingerprint density at radius 2 is 2.05 bits per heavy atom. The SMILES string of the molecule is Cc1nc(N[C@H](C)Cc2ncccc2C)c2c(C)noc2n1. The number of nitrogens with one attached hydrogen (secondary N) is 1. The molecule has 6 nitrogen and oxygen atoms in total. The van der Waals surface area contributed by atoms with Crippen molar-refractivity contribution in [3.8, 4) is 0 Å². The highest BCUT2D eigenvalue weighted by Crippen LogP contribution is 2.24. The Kier molecular flexibility index (Phi) is 3.75. The molecule has 0 aliphatic rings. The second-order valence-corrected chi connectivity index (χ2v) is 5.58. The maximum absolute atomic E-state index is 5.24. The van der Waals surface area contributed by atoms with Gasteiger partial charge in [0.25, 0.3) is 5.71 Å². The third kappa shape index (κ3) is 2.77. The third-order valence-corrected chi connectivity index (χ3v) is 3.62. The van der Waals surface area contributed by atoms with Gasteiger partial charge in [-0.15, -0.1) is 0 Å². The van der Waals surface area contributed by atoms with E-state index in [0.717, 1.165) is 29.0 Å². The first-order valence-corrected chi connectivity index (χ1v) is 7.32. The Morgan fingerprint density at radius 3 is 2.82 bits per heavy atom. The molecule has 0 aliphatic heterocycles. The molecule has 0 fully saturated rings. The van der Waals surface area contributed by atoms with Crippen molar-refractivity contribution in [2.24, 2.45) is 0 Å². The van der Waals surface area contributed by atoms with Gasteiger partial charge in [-0.2, -0.15) is 4.98 Å². The fraction of sp³-hybridized carbons (Fsp3) is 0.375. The zero-order valence-electron chi connectivity index (χ0n) is 13.2. The van der Waals surface area contributed by atoms with Gasteiger partial charge >= 0.3 is 0 Å². The van der Waals surface area contributed by atoms with E-state index < -0.39 is 0 Å². The first kappa shape index (κ1) is 14.4. The lowest BCUT2D eigenvalue weighted by molar-refractivity contribution is 0.442. The van der Waals surface area contributed by atoms with Crippen LogP contribution in [0.5, 0.6) is 0 Å². The van der Waals surface area contributed by atoms with Gasteiger partial charge in [0, 0.05) is 24.4 Å². The van der Waals surface area contributed by atoms with E-state index in [0.29, 0.717) is 11.5 Å². The normalized spacial score (nSPS) is 12.5. The quantitative estimate of drug-likeness (QED) is 0.797. The van der Waals surface area contributed by atoms with Crippen LogP contribution in [0, 0.1) is 20.8 Å². The zero-order chi connectivity index (χ0) is 15.7. The Morgan fingerprint density at radius 1 is 1.23 bits per heavy atom. The Labute approximate surface area is 129 Å². The number of hydrogen-bond donors (Lipinski definition) is 1. The van der Waals surface area contributed by atoms with E-state index in [9.17, 15) is 0 Å². The van der Waals surface area contributed by atoms with Crippen LogP contribution in [0.3, 0.4) is 0 Å². The number of rotatable bonds is 4. The summed E-state index contributed by atoms with van der Waals surface area (Å²) in [5.74, 6) is 1.43. The number of aryl methyl sites for hydroxylation is 3. The molecule has 3 rings (SSSR count). The highest BCUT2D eigenvalue weighted by molar-refractivity contribution is 5.87. The molecule has 0 aromatic carbocycles. The van der Waals surface area contributed by atoms with Gasteiger partial charge in [-0.05, 0) is 39.3 Å². The summed E-state index contributed by atoms with van der Waals surface area (Å²) in [4.78, 5) is 13.2. The highest BCUT2D eigenvalue weighted by atomic mass is 16.5. The smallest absolute Gasteiger partial charge is 0.263 e. The van der Waals surface area contributed by atoms with E-state index in [4.69, 9.17) is 4.52 Å². The van der Waals surface area contributed by atoms with E-state index >= 15 is 0 Å². The number of pyridine rings is 1. The van der Waals surface area contributed by atoms with Crippen molar-refractivity contribution in [1.29, 1.82) is 0 Å². The van der Waals surface area contributed by atoms with Crippen molar-refractivity contribution in [1.82, 2.24) is 20.1 Å². The summed E-state index contributed by atoms with van der Waals surface area (Å²) in [5, 5.41) is 8.25. The second-order valence-electron chi connectivity index (χ2n) is 5.58. The summed E-state index contributed by atoms with van der Waals surface area (Å²) in [6.07, 6.45) is 2.65. The molecule has 0 radical (unpaired) electrons. The summed E-state index contributed by atoms with van der Waals surface area (Å²) in [6.45, 7) is 7.92. The van der Waals surface area contributed by atoms with Crippen LogP contribution >= 0.6 is 0 Å². The molecule has 114 valence electrons. The largest absolute Gasteiger partial charge is 0.366 e. The molecule has 0 bridgehead atoms. The third-order valence-electron chi connectivity index (χ3n) is 3.62. The van der Waals surface area contributed by atoms with Crippen LogP contribution in [0.25, 0.3) is 11.1 Å². The van der Waals surface area contributed by atoms with Crippen LogP contribution < -0.4 is 5.32 Å². The first-order chi connectivity index (χ1) is 10.5. The number of hydrogen-bond acceptors (Lipinski definition) is 6. The van der Waals surface area contributed by atoms with Gasteiger partial charge in [-0.1, -0.05) is 11.2 Å². The van der Waals surface area contributed by atoms with Gasteiger partial charge in [-0.25, -0.2) is 4.98 Å². The standard InChI is InChI=1S/C16H19N5O/c1-9-6-5-7-17-13(9)8-10(2)18-15-14-11(3)21-22-16(14)20-12(4)19-15/h5-7,10H,8H2,1-4H3,(H,18,19,20)/t10-/m1/s1. The van der Waals surface area contributed by atoms with E-state index in [1.54, 1.807) is 0 Å². The minimum Gasteiger partial charge on any atom is -0.366 e. The Bertz CT molecular complexity index is 811. The number of anilines is 1.